The van der Waals surface area contributed by atoms with Gasteiger partial charge in [0.05, 0.1) is 18.2 Å². The van der Waals surface area contributed by atoms with Crippen LogP contribution in [0.2, 0.25) is 0 Å². The van der Waals surface area contributed by atoms with Gasteiger partial charge in [-0.05, 0) is 17.0 Å². The summed E-state index contributed by atoms with van der Waals surface area (Å²) in [5, 5.41) is 16.5. The topological polar surface area (TPSA) is 49.6 Å². The van der Waals surface area contributed by atoms with Crippen molar-refractivity contribution in [3.8, 4) is 6.07 Å². The first-order valence-electron chi connectivity index (χ1n) is 4.22. The zero-order valence-electron chi connectivity index (χ0n) is 8.15. The first-order valence-corrected chi connectivity index (χ1v) is 4.22. The molecule has 1 rings (SSSR count). The molecule has 0 aromatic carbocycles. The van der Waals surface area contributed by atoms with E-state index in [1.54, 1.807) is 12.4 Å². The van der Waals surface area contributed by atoms with E-state index in [4.69, 9.17) is 5.26 Å². The molecule has 3 heteroatoms. The fourth-order valence-electron chi connectivity index (χ4n) is 1.24. The normalized spacial score (nSPS) is 13.4. The summed E-state index contributed by atoms with van der Waals surface area (Å²) in [6.45, 7) is 6.13. The summed E-state index contributed by atoms with van der Waals surface area (Å²) in [6, 6.07) is 4.13. The van der Waals surface area contributed by atoms with Gasteiger partial charge in [0.1, 0.15) is 0 Å². The van der Waals surface area contributed by atoms with Crippen molar-refractivity contribution in [3.05, 3.63) is 24.0 Å². The minimum Gasteiger partial charge on any atom is -0.198 e. The molecular formula is C10H13N3. The second-order valence-corrected chi connectivity index (χ2v) is 4.10. The molecule has 3 nitrogen and oxygen atoms in total. The maximum absolute atomic E-state index is 9.02. The smallest absolute Gasteiger partial charge is 0.0777 e. The first kappa shape index (κ1) is 9.66. The monoisotopic (exact) mass is 175 g/mol. The van der Waals surface area contributed by atoms with Crippen LogP contribution >= 0.6 is 0 Å². The number of rotatable bonds is 1. The Morgan fingerprint density at radius 1 is 1.38 bits per heavy atom. The van der Waals surface area contributed by atoms with Crippen LogP contribution in [-0.4, -0.2) is 10.2 Å². The predicted octanol–water partition coefficient (Wildman–Crippen LogP) is 2.13. The van der Waals surface area contributed by atoms with Gasteiger partial charge in [-0.25, -0.2) is 0 Å². The predicted molar refractivity (Wildman–Crippen MR) is 49.8 cm³/mol. The Kier molecular flexibility index (Phi) is 2.62. The average Bonchev–Trinajstić information content (AvgIpc) is 2.05. The van der Waals surface area contributed by atoms with Crippen LogP contribution in [0.25, 0.3) is 0 Å². The molecule has 1 aromatic heterocycles. The van der Waals surface area contributed by atoms with Crippen molar-refractivity contribution >= 4 is 0 Å². The summed E-state index contributed by atoms with van der Waals surface area (Å²) < 4.78 is 0. The van der Waals surface area contributed by atoms with Crippen LogP contribution in [-0.2, 0) is 0 Å². The van der Waals surface area contributed by atoms with Gasteiger partial charge in [-0.3, -0.25) is 0 Å². The molecule has 68 valence electrons. The Balaban J connectivity index is 3.01. The third kappa shape index (κ3) is 2.25. The van der Waals surface area contributed by atoms with E-state index in [0.29, 0.717) is 0 Å². The van der Waals surface area contributed by atoms with Crippen molar-refractivity contribution in [2.45, 2.75) is 26.7 Å². The largest absolute Gasteiger partial charge is 0.198 e. The van der Waals surface area contributed by atoms with Crippen molar-refractivity contribution in [1.29, 1.82) is 5.26 Å². The van der Waals surface area contributed by atoms with Crippen LogP contribution in [0.15, 0.2) is 18.5 Å². The molecule has 0 aliphatic heterocycles. The molecule has 13 heavy (non-hydrogen) atoms. The molecule has 0 saturated heterocycles. The molecule has 0 radical (unpaired) electrons. The minimum atomic E-state index is -0.122. The summed E-state index contributed by atoms with van der Waals surface area (Å²) in [7, 11) is 0. The summed E-state index contributed by atoms with van der Waals surface area (Å²) in [5.41, 5.74) is 0.877. The van der Waals surface area contributed by atoms with Gasteiger partial charge in [0.15, 0.2) is 0 Å². The zero-order chi connectivity index (χ0) is 9.90. The van der Waals surface area contributed by atoms with Crippen molar-refractivity contribution in [3.63, 3.8) is 0 Å². The third-order valence-corrected chi connectivity index (χ3v) is 1.94. The fraction of sp³-hybridized carbons (Fsp3) is 0.500. The first-order chi connectivity index (χ1) is 6.05. The van der Waals surface area contributed by atoms with Gasteiger partial charge in [-0.2, -0.15) is 15.5 Å². The van der Waals surface area contributed by atoms with E-state index in [1.165, 1.54) is 0 Å². The molecule has 0 N–H and O–H groups in total. The molecule has 1 unspecified atom stereocenters. The Labute approximate surface area is 78.4 Å². The highest BCUT2D eigenvalue weighted by Gasteiger charge is 2.25. The highest BCUT2D eigenvalue weighted by Crippen LogP contribution is 2.33. The minimum absolute atomic E-state index is 0.0578. The van der Waals surface area contributed by atoms with Crippen LogP contribution in [0, 0.1) is 16.7 Å². The van der Waals surface area contributed by atoms with Gasteiger partial charge in [0, 0.05) is 6.20 Å². The van der Waals surface area contributed by atoms with Gasteiger partial charge in [-0.1, -0.05) is 20.8 Å². The summed E-state index contributed by atoms with van der Waals surface area (Å²) in [6.07, 6.45) is 3.27. The molecule has 0 saturated carbocycles. The van der Waals surface area contributed by atoms with Crippen LogP contribution in [0.3, 0.4) is 0 Å². The number of nitrogens with zero attached hydrogens (tertiary/aromatic N) is 3. The summed E-state index contributed by atoms with van der Waals surface area (Å²) in [5.74, 6) is -0.122. The van der Waals surface area contributed by atoms with Crippen molar-refractivity contribution < 1.29 is 0 Å². The number of hydrogen-bond acceptors (Lipinski definition) is 3. The van der Waals surface area contributed by atoms with Gasteiger partial charge in [0.25, 0.3) is 0 Å². The van der Waals surface area contributed by atoms with Crippen molar-refractivity contribution in [2.75, 3.05) is 0 Å². The highest BCUT2D eigenvalue weighted by atomic mass is 15.1. The van der Waals surface area contributed by atoms with Gasteiger partial charge < -0.3 is 0 Å². The lowest BCUT2D eigenvalue weighted by Gasteiger charge is -2.24. The van der Waals surface area contributed by atoms with E-state index in [9.17, 15) is 0 Å². The molecule has 1 atom stereocenters. The molecule has 0 aliphatic rings. The van der Waals surface area contributed by atoms with E-state index >= 15 is 0 Å². The van der Waals surface area contributed by atoms with Crippen molar-refractivity contribution in [2.24, 2.45) is 5.41 Å². The Morgan fingerprint density at radius 3 is 2.46 bits per heavy atom. The van der Waals surface area contributed by atoms with Gasteiger partial charge >= 0.3 is 0 Å². The third-order valence-electron chi connectivity index (χ3n) is 1.94. The van der Waals surface area contributed by atoms with E-state index in [1.807, 2.05) is 26.8 Å². The Morgan fingerprint density at radius 2 is 2.08 bits per heavy atom. The molecule has 0 bridgehead atoms. The Bertz CT molecular complexity index is 305. The second kappa shape index (κ2) is 3.53. The average molecular weight is 175 g/mol. The second-order valence-electron chi connectivity index (χ2n) is 4.10. The van der Waals surface area contributed by atoms with Crippen molar-refractivity contribution in [1.82, 2.24) is 10.2 Å². The fourth-order valence-corrected chi connectivity index (χ4v) is 1.24. The van der Waals surface area contributed by atoms with E-state index in [2.05, 4.69) is 16.3 Å². The molecular weight excluding hydrogens is 162 g/mol. The summed E-state index contributed by atoms with van der Waals surface area (Å²) in [4.78, 5) is 0. The molecule has 1 heterocycles. The lowest BCUT2D eigenvalue weighted by molar-refractivity contribution is 0.372. The summed E-state index contributed by atoms with van der Waals surface area (Å²) >= 11 is 0. The van der Waals surface area contributed by atoms with Gasteiger partial charge in [-0.15, -0.1) is 0 Å². The van der Waals surface area contributed by atoms with E-state index in [-0.39, 0.29) is 11.3 Å². The van der Waals surface area contributed by atoms with Crippen LogP contribution in [0.1, 0.15) is 32.3 Å². The quantitative estimate of drug-likeness (QED) is 0.657. The molecule has 0 spiro atoms. The molecule has 1 aromatic rings. The van der Waals surface area contributed by atoms with E-state index in [0.717, 1.165) is 5.56 Å². The number of nitriles is 1. The maximum atomic E-state index is 9.02. The van der Waals surface area contributed by atoms with Crippen LogP contribution < -0.4 is 0 Å². The molecule has 0 aliphatic carbocycles. The number of hydrogen-bond donors (Lipinski definition) is 0. The Hall–Kier alpha value is -1.43. The van der Waals surface area contributed by atoms with Crippen LogP contribution in [0.4, 0.5) is 0 Å². The maximum Gasteiger partial charge on any atom is 0.0777 e. The number of aromatic nitrogens is 2. The SMILES string of the molecule is CC(C)(C)C(C#N)c1ccnnc1. The highest BCUT2D eigenvalue weighted by molar-refractivity contribution is 5.22. The standard InChI is InChI=1S/C10H13N3/c1-10(2,3)9(6-11)8-4-5-12-13-7-8/h4-5,7,9H,1-3H3. The molecule has 0 fully saturated rings. The van der Waals surface area contributed by atoms with Gasteiger partial charge in [0.2, 0.25) is 0 Å². The van der Waals surface area contributed by atoms with E-state index < -0.39 is 0 Å². The lowest BCUT2D eigenvalue weighted by Crippen LogP contribution is -2.16. The molecule has 0 amide bonds. The lowest BCUT2D eigenvalue weighted by atomic mass is 9.78. The van der Waals surface area contributed by atoms with Crippen LogP contribution in [0.5, 0.6) is 0 Å². The zero-order valence-corrected chi connectivity index (χ0v) is 8.15.